The highest BCUT2D eigenvalue weighted by Crippen LogP contribution is 2.29. The zero-order valence-electron chi connectivity index (χ0n) is 11.8. The summed E-state index contributed by atoms with van der Waals surface area (Å²) in [6.07, 6.45) is 0. The number of anilines is 3. The molecule has 2 heterocycles. The summed E-state index contributed by atoms with van der Waals surface area (Å²) in [5.41, 5.74) is 1.67. The van der Waals surface area contributed by atoms with E-state index in [0.717, 1.165) is 22.3 Å². The summed E-state index contributed by atoms with van der Waals surface area (Å²) in [5, 5.41) is 9.23. The SMILES string of the molecule is CCNc1nc(Nc2cc(F)ccc2C)c2ccsc2n1. The lowest BCUT2D eigenvalue weighted by Crippen LogP contribution is -2.05. The van der Waals surface area contributed by atoms with E-state index in [0.29, 0.717) is 17.5 Å². The molecule has 1 aromatic carbocycles. The largest absolute Gasteiger partial charge is 0.354 e. The van der Waals surface area contributed by atoms with Gasteiger partial charge in [-0.2, -0.15) is 4.98 Å². The molecule has 108 valence electrons. The first-order chi connectivity index (χ1) is 10.2. The Bertz CT molecular complexity index is 784. The molecule has 2 N–H and O–H groups in total. The average molecular weight is 302 g/mol. The number of rotatable bonds is 4. The Morgan fingerprint density at radius 3 is 2.90 bits per heavy atom. The van der Waals surface area contributed by atoms with Crippen molar-refractivity contribution in [2.45, 2.75) is 13.8 Å². The summed E-state index contributed by atoms with van der Waals surface area (Å²) in [5.74, 6) is 0.987. The molecule has 0 bridgehead atoms. The number of halogens is 1. The van der Waals surface area contributed by atoms with Crippen LogP contribution in [0.1, 0.15) is 12.5 Å². The summed E-state index contributed by atoms with van der Waals surface area (Å²) < 4.78 is 13.4. The first-order valence-corrected chi connectivity index (χ1v) is 7.57. The molecule has 0 aliphatic rings. The molecule has 4 nitrogen and oxygen atoms in total. The molecule has 0 fully saturated rings. The van der Waals surface area contributed by atoms with Crippen LogP contribution in [0.15, 0.2) is 29.6 Å². The highest BCUT2D eigenvalue weighted by Gasteiger charge is 2.10. The smallest absolute Gasteiger partial charge is 0.226 e. The van der Waals surface area contributed by atoms with Crippen molar-refractivity contribution in [3.8, 4) is 0 Å². The Balaban J connectivity index is 2.06. The van der Waals surface area contributed by atoms with E-state index < -0.39 is 0 Å². The predicted molar refractivity (Wildman–Crippen MR) is 86.0 cm³/mol. The molecule has 0 atom stereocenters. The van der Waals surface area contributed by atoms with Crippen molar-refractivity contribution in [2.75, 3.05) is 17.2 Å². The Kier molecular flexibility index (Phi) is 3.70. The number of nitrogens with zero attached hydrogens (tertiary/aromatic N) is 2. The lowest BCUT2D eigenvalue weighted by Gasteiger charge is -2.11. The van der Waals surface area contributed by atoms with Gasteiger partial charge in [0, 0.05) is 12.2 Å². The first kappa shape index (κ1) is 13.8. The first-order valence-electron chi connectivity index (χ1n) is 6.69. The van der Waals surface area contributed by atoms with Crippen LogP contribution in [-0.2, 0) is 0 Å². The van der Waals surface area contributed by atoms with E-state index in [2.05, 4.69) is 20.6 Å². The maximum atomic E-state index is 13.4. The van der Waals surface area contributed by atoms with Gasteiger partial charge in [0.1, 0.15) is 16.5 Å². The van der Waals surface area contributed by atoms with Crippen molar-refractivity contribution < 1.29 is 4.39 Å². The molecule has 0 aliphatic heterocycles. The van der Waals surface area contributed by atoms with E-state index in [1.165, 1.54) is 12.1 Å². The van der Waals surface area contributed by atoms with Gasteiger partial charge < -0.3 is 10.6 Å². The van der Waals surface area contributed by atoms with Crippen LogP contribution in [0.5, 0.6) is 0 Å². The second-order valence-electron chi connectivity index (χ2n) is 4.65. The third-order valence-electron chi connectivity index (χ3n) is 3.11. The molecular weight excluding hydrogens is 287 g/mol. The van der Waals surface area contributed by atoms with Crippen LogP contribution >= 0.6 is 11.3 Å². The summed E-state index contributed by atoms with van der Waals surface area (Å²) in [6.45, 7) is 4.67. The summed E-state index contributed by atoms with van der Waals surface area (Å²) in [6, 6.07) is 6.63. The average Bonchev–Trinajstić information content (AvgIpc) is 2.92. The topological polar surface area (TPSA) is 49.8 Å². The van der Waals surface area contributed by atoms with Gasteiger partial charge in [0.05, 0.1) is 5.39 Å². The van der Waals surface area contributed by atoms with Gasteiger partial charge in [0.25, 0.3) is 0 Å². The fourth-order valence-corrected chi connectivity index (χ4v) is 2.81. The number of fused-ring (bicyclic) bond motifs is 1. The van der Waals surface area contributed by atoms with Gasteiger partial charge in [0.2, 0.25) is 5.95 Å². The molecule has 0 radical (unpaired) electrons. The Morgan fingerprint density at radius 1 is 1.24 bits per heavy atom. The van der Waals surface area contributed by atoms with E-state index in [1.54, 1.807) is 17.4 Å². The number of benzene rings is 1. The maximum absolute atomic E-state index is 13.4. The molecular formula is C15H15FN4S. The number of hydrogen-bond acceptors (Lipinski definition) is 5. The van der Waals surface area contributed by atoms with Crippen molar-refractivity contribution in [3.05, 3.63) is 41.0 Å². The number of aromatic nitrogens is 2. The molecule has 0 amide bonds. The van der Waals surface area contributed by atoms with Crippen LogP contribution in [0, 0.1) is 12.7 Å². The summed E-state index contributed by atoms with van der Waals surface area (Å²) in [4.78, 5) is 9.83. The van der Waals surface area contributed by atoms with Gasteiger partial charge in [-0.05, 0) is 43.0 Å². The van der Waals surface area contributed by atoms with Crippen LogP contribution < -0.4 is 10.6 Å². The molecule has 0 unspecified atom stereocenters. The third kappa shape index (κ3) is 2.80. The minimum absolute atomic E-state index is 0.273. The number of nitrogens with one attached hydrogen (secondary N) is 2. The third-order valence-corrected chi connectivity index (χ3v) is 3.92. The number of thiophene rings is 1. The molecule has 0 aliphatic carbocycles. The fraction of sp³-hybridized carbons (Fsp3) is 0.200. The fourth-order valence-electron chi connectivity index (χ4n) is 2.04. The molecule has 3 rings (SSSR count). The van der Waals surface area contributed by atoms with Crippen LogP contribution in [0.2, 0.25) is 0 Å². The summed E-state index contributed by atoms with van der Waals surface area (Å²) >= 11 is 1.55. The van der Waals surface area contributed by atoms with Crippen LogP contribution in [0.3, 0.4) is 0 Å². The zero-order chi connectivity index (χ0) is 14.8. The number of hydrogen-bond donors (Lipinski definition) is 2. The minimum atomic E-state index is -0.273. The van der Waals surface area contributed by atoms with Gasteiger partial charge in [-0.25, -0.2) is 9.37 Å². The van der Waals surface area contributed by atoms with Crippen LogP contribution in [-0.4, -0.2) is 16.5 Å². The van der Waals surface area contributed by atoms with Gasteiger partial charge >= 0.3 is 0 Å². The Hall–Kier alpha value is -2.21. The number of aryl methyl sites for hydroxylation is 1. The lowest BCUT2D eigenvalue weighted by molar-refractivity contribution is 0.628. The van der Waals surface area contributed by atoms with Gasteiger partial charge in [0.15, 0.2) is 0 Å². The predicted octanol–water partition coefficient (Wildman–Crippen LogP) is 4.31. The maximum Gasteiger partial charge on any atom is 0.226 e. The molecule has 0 saturated heterocycles. The monoisotopic (exact) mass is 302 g/mol. The van der Waals surface area contributed by atoms with Crippen LogP contribution in [0.4, 0.5) is 21.8 Å². The highest BCUT2D eigenvalue weighted by atomic mass is 32.1. The molecule has 2 aromatic heterocycles. The van der Waals surface area contributed by atoms with Gasteiger partial charge in [-0.3, -0.25) is 0 Å². The molecule has 0 saturated carbocycles. The van der Waals surface area contributed by atoms with Crippen molar-refractivity contribution in [1.82, 2.24) is 9.97 Å². The Labute approximate surface area is 126 Å². The zero-order valence-corrected chi connectivity index (χ0v) is 12.6. The Morgan fingerprint density at radius 2 is 2.10 bits per heavy atom. The van der Waals surface area contributed by atoms with Crippen molar-refractivity contribution in [1.29, 1.82) is 0 Å². The van der Waals surface area contributed by atoms with Crippen molar-refractivity contribution in [2.24, 2.45) is 0 Å². The van der Waals surface area contributed by atoms with Crippen LogP contribution in [0.25, 0.3) is 10.2 Å². The lowest BCUT2D eigenvalue weighted by atomic mass is 10.2. The van der Waals surface area contributed by atoms with E-state index in [4.69, 9.17) is 0 Å². The molecule has 3 aromatic rings. The highest BCUT2D eigenvalue weighted by molar-refractivity contribution is 7.16. The van der Waals surface area contributed by atoms with Crippen molar-refractivity contribution >= 4 is 39.0 Å². The normalized spacial score (nSPS) is 10.8. The second-order valence-corrected chi connectivity index (χ2v) is 5.54. The molecule has 0 spiro atoms. The summed E-state index contributed by atoms with van der Waals surface area (Å²) in [7, 11) is 0. The van der Waals surface area contributed by atoms with Gasteiger partial charge in [-0.1, -0.05) is 6.07 Å². The standard InChI is InChI=1S/C15H15FN4S/c1-3-17-15-19-13(11-6-7-21-14(11)20-15)18-12-8-10(16)5-4-9(12)2/h4-8H,3H2,1-2H3,(H2,17,18,19,20). The molecule has 21 heavy (non-hydrogen) atoms. The minimum Gasteiger partial charge on any atom is -0.354 e. The quantitative estimate of drug-likeness (QED) is 0.754. The van der Waals surface area contributed by atoms with Gasteiger partial charge in [-0.15, -0.1) is 11.3 Å². The second kappa shape index (κ2) is 5.65. The van der Waals surface area contributed by atoms with E-state index >= 15 is 0 Å². The molecule has 6 heteroatoms. The van der Waals surface area contributed by atoms with E-state index in [1.807, 2.05) is 25.3 Å². The van der Waals surface area contributed by atoms with E-state index in [9.17, 15) is 4.39 Å². The van der Waals surface area contributed by atoms with Crippen molar-refractivity contribution in [3.63, 3.8) is 0 Å². The van der Waals surface area contributed by atoms with E-state index in [-0.39, 0.29) is 5.82 Å².